The number of hydrogen-bond donors (Lipinski definition) is 0. The van der Waals surface area contributed by atoms with Gasteiger partial charge in [-0.2, -0.15) is 0 Å². The first-order chi connectivity index (χ1) is 18.0. The average molecular weight is 514 g/mol. The number of benzene rings is 2. The van der Waals surface area contributed by atoms with Gasteiger partial charge in [0.2, 0.25) is 11.8 Å². The van der Waals surface area contributed by atoms with Gasteiger partial charge in [-0.1, -0.05) is 54.6 Å². The number of piperazine rings is 1. The smallest absolute Gasteiger partial charge is 0.239 e. The molecule has 0 N–H and O–H groups in total. The van der Waals surface area contributed by atoms with Crippen molar-refractivity contribution in [3.63, 3.8) is 0 Å². The van der Waals surface area contributed by atoms with Crippen LogP contribution in [0.4, 0.5) is 0 Å². The molecule has 2 fully saturated rings. The normalized spacial score (nSPS) is 24.4. The Hall–Kier alpha value is -2.96. The fourth-order valence-corrected chi connectivity index (χ4v) is 7.22. The highest BCUT2D eigenvalue weighted by atomic mass is 32.1. The standard InChI is InChI=1S/C31H35N3O2S/c1-21-8-6-7-11-24(21)29-25-13-19-37-28(25)12-14-34(29)22(2)30(35)32-15-17-33(18-16-32)31(36)27-20-26(27)23-9-4-3-5-10-23/h3-11,13,19,22,26-27,29H,12,14-18,20H2,1-2H3/t22?,26-,27?,29?/m0/s1. The van der Waals surface area contributed by atoms with Crippen molar-refractivity contribution in [2.45, 2.75) is 44.7 Å². The summed E-state index contributed by atoms with van der Waals surface area (Å²) in [7, 11) is 0. The van der Waals surface area contributed by atoms with Crippen molar-refractivity contribution < 1.29 is 9.59 Å². The largest absolute Gasteiger partial charge is 0.339 e. The molecule has 37 heavy (non-hydrogen) atoms. The number of carbonyl (C=O) groups excluding carboxylic acids is 2. The predicted molar refractivity (Wildman–Crippen MR) is 148 cm³/mol. The number of nitrogens with zero attached hydrogens (tertiary/aromatic N) is 3. The van der Waals surface area contributed by atoms with Gasteiger partial charge in [0.05, 0.1) is 12.1 Å². The van der Waals surface area contributed by atoms with Gasteiger partial charge in [-0.05, 0) is 66.3 Å². The summed E-state index contributed by atoms with van der Waals surface area (Å²) in [5.41, 5.74) is 5.16. The number of thiophene rings is 1. The Kier molecular flexibility index (Phi) is 6.63. The molecule has 0 spiro atoms. The van der Waals surface area contributed by atoms with Crippen LogP contribution in [0.5, 0.6) is 0 Å². The second-order valence-corrected chi connectivity index (χ2v) is 11.7. The predicted octanol–water partition coefficient (Wildman–Crippen LogP) is 4.87. The van der Waals surface area contributed by atoms with Crippen molar-refractivity contribution in [3.05, 3.63) is 93.2 Å². The highest BCUT2D eigenvalue weighted by Crippen LogP contribution is 2.48. The lowest BCUT2D eigenvalue weighted by Gasteiger charge is -2.43. The van der Waals surface area contributed by atoms with Gasteiger partial charge in [-0.3, -0.25) is 14.5 Å². The molecule has 5 nitrogen and oxygen atoms in total. The van der Waals surface area contributed by atoms with E-state index in [9.17, 15) is 9.59 Å². The Balaban J connectivity index is 1.11. The molecule has 2 aromatic carbocycles. The van der Waals surface area contributed by atoms with Crippen LogP contribution in [0.15, 0.2) is 66.0 Å². The Morgan fingerprint density at radius 2 is 1.57 bits per heavy atom. The molecule has 2 aliphatic heterocycles. The first-order valence-corrected chi connectivity index (χ1v) is 14.4. The molecule has 3 aromatic rings. The Morgan fingerprint density at radius 3 is 2.32 bits per heavy atom. The molecule has 6 heteroatoms. The van der Waals surface area contributed by atoms with Gasteiger partial charge in [0.25, 0.3) is 0 Å². The third kappa shape index (κ3) is 4.62. The lowest BCUT2D eigenvalue weighted by molar-refractivity contribution is -0.143. The first-order valence-electron chi connectivity index (χ1n) is 13.5. The number of fused-ring (bicyclic) bond motifs is 1. The average Bonchev–Trinajstić information content (AvgIpc) is 3.60. The van der Waals surface area contributed by atoms with Crippen molar-refractivity contribution in [1.29, 1.82) is 0 Å². The zero-order chi connectivity index (χ0) is 25.5. The molecule has 4 atom stereocenters. The molecule has 3 heterocycles. The van der Waals surface area contributed by atoms with Crippen molar-refractivity contribution in [2.24, 2.45) is 5.92 Å². The van der Waals surface area contributed by atoms with Crippen LogP contribution in [-0.2, 0) is 16.0 Å². The van der Waals surface area contributed by atoms with E-state index < -0.39 is 0 Å². The van der Waals surface area contributed by atoms with Gasteiger partial charge in [-0.25, -0.2) is 0 Å². The summed E-state index contributed by atoms with van der Waals surface area (Å²) in [6.45, 7) is 7.60. The van der Waals surface area contributed by atoms with Crippen LogP contribution in [0, 0.1) is 12.8 Å². The molecule has 3 aliphatic rings. The minimum Gasteiger partial charge on any atom is -0.339 e. The van der Waals surface area contributed by atoms with Gasteiger partial charge >= 0.3 is 0 Å². The molecule has 0 radical (unpaired) electrons. The van der Waals surface area contributed by atoms with E-state index >= 15 is 0 Å². The van der Waals surface area contributed by atoms with Gasteiger partial charge in [0.15, 0.2) is 0 Å². The second kappa shape index (κ2) is 10.1. The number of carbonyl (C=O) groups is 2. The minimum absolute atomic E-state index is 0.0998. The first kappa shape index (κ1) is 24.4. The number of hydrogen-bond acceptors (Lipinski definition) is 4. The molecule has 1 saturated heterocycles. The highest BCUT2D eigenvalue weighted by Gasteiger charge is 2.46. The SMILES string of the molecule is Cc1ccccc1C1c2ccsc2CCN1C(C)C(=O)N1CCN(C(=O)C2C[C@H]2c2ccccc2)CC1. The monoisotopic (exact) mass is 513 g/mol. The number of aryl methyl sites for hydroxylation is 1. The van der Waals surface area contributed by atoms with E-state index in [2.05, 4.69) is 66.6 Å². The van der Waals surface area contributed by atoms with Gasteiger partial charge < -0.3 is 9.80 Å². The molecule has 0 bridgehead atoms. The Morgan fingerprint density at radius 1 is 0.865 bits per heavy atom. The molecule has 6 rings (SSSR count). The summed E-state index contributed by atoms with van der Waals surface area (Å²) < 4.78 is 0. The molecular formula is C31H35N3O2S. The summed E-state index contributed by atoms with van der Waals surface area (Å²) in [5, 5.41) is 2.18. The topological polar surface area (TPSA) is 43.9 Å². The van der Waals surface area contributed by atoms with Crippen LogP contribution >= 0.6 is 11.3 Å². The third-order valence-electron chi connectivity index (χ3n) is 8.58. The number of amides is 2. The lowest BCUT2D eigenvalue weighted by Crippen LogP contribution is -2.56. The van der Waals surface area contributed by atoms with Crippen LogP contribution in [0.3, 0.4) is 0 Å². The van der Waals surface area contributed by atoms with E-state index in [0.29, 0.717) is 32.1 Å². The Labute approximate surface area is 223 Å². The van der Waals surface area contributed by atoms with Crippen LogP contribution in [0.2, 0.25) is 0 Å². The van der Waals surface area contributed by atoms with E-state index in [0.717, 1.165) is 19.4 Å². The maximum absolute atomic E-state index is 13.8. The van der Waals surface area contributed by atoms with E-state index in [-0.39, 0.29) is 29.8 Å². The third-order valence-corrected chi connectivity index (χ3v) is 9.58. The molecular weight excluding hydrogens is 478 g/mol. The quantitative estimate of drug-likeness (QED) is 0.489. The van der Waals surface area contributed by atoms with Crippen molar-refractivity contribution in [2.75, 3.05) is 32.7 Å². The van der Waals surface area contributed by atoms with Crippen LogP contribution < -0.4 is 0 Å². The second-order valence-electron chi connectivity index (χ2n) is 10.7. The van der Waals surface area contributed by atoms with Crippen molar-refractivity contribution in [1.82, 2.24) is 14.7 Å². The lowest BCUT2D eigenvalue weighted by atomic mass is 9.89. The summed E-state index contributed by atoms with van der Waals surface area (Å²) in [4.78, 5) is 34.7. The van der Waals surface area contributed by atoms with Crippen molar-refractivity contribution in [3.8, 4) is 0 Å². The van der Waals surface area contributed by atoms with E-state index in [4.69, 9.17) is 0 Å². The molecule has 1 saturated carbocycles. The summed E-state index contributed by atoms with van der Waals surface area (Å²) >= 11 is 1.83. The zero-order valence-electron chi connectivity index (χ0n) is 21.7. The van der Waals surface area contributed by atoms with Crippen LogP contribution in [-0.4, -0.2) is 65.3 Å². The maximum Gasteiger partial charge on any atom is 0.239 e. The summed E-state index contributed by atoms with van der Waals surface area (Å²) in [6.07, 6.45) is 1.93. The fraction of sp³-hybridized carbons (Fsp3) is 0.419. The fourth-order valence-electron chi connectivity index (χ4n) is 6.32. The van der Waals surface area contributed by atoms with E-state index in [1.54, 1.807) is 0 Å². The van der Waals surface area contributed by atoms with Crippen molar-refractivity contribution >= 4 is 23.2 Å². The van der Waals surface area contributed by atoms with Crippen LogP contribution in [0.1, 0.15) is 52.4 Å². The molecule has 192 valence electrons. The zero-order valence-corrected chi connectivity index (χ0v) is 22.5. The molecule has 1 aromatic heterocycles. The minimum atomic E-state index is -0.217. The van der Waals surface area contributed by atoms with E-state index in [1.165, 1.54) is 27.1 Å². The molecule has 3 unspecified atom stereocenters. The number of rotatable bonds is 5. The molecule has 1 aliphatic carbocycles. The molecule has 2 amide bonds. The maximum atomic E-state index is 13.8. The van der Waals surface area contributed by atoms with Gasteiger partial charge in [-0.15, -0.1) is 11.3 Å². The summed E-state index contributed by atoms with van der Waals surface area (Å²) in [5.74, 6) is 0.895. The van der Waals surface area contributed by atoms with E-state index in [1.807, 2.05) is 39.3 Å². The van der Waals surface area contributed by atoms with Gasteiger partial charge in [0, 0.05) is 43.5 Å². The van der Waals surface area contributed by atoms with Gasteiger partial charge in [0.1, 0.15) is 0 Å². The van der Waals surface area contributed by atoms with Crippen LogP contribution in [0.25, 0.3) is 0 Å². The highest BCUT2D eigenvalue weighted by molar-refractivity contribution is 7.10. The Bertz CT molecular complexity index is 1280. The summed E-state index contributed by atoms with van der Waals surface area (Å²) in [6, 6.07) is 21.1.